The highest BCUT2D eigenvalue weighted by Gasteiger charge is 2.34. The van der Waals surface area contributed by atoms with Gasteiger partial charge in [-0.15, -0.1) is 0 Å². The molecule has 0 bridgehead atoms. The number of anilines is 2. The van der Waals surface area contributed by atoms with Gasteiger partial charge in [0.15, 0.2) is 5.13 Å². The van der Waals surface area contributed by atoms with Gasteiger partial charge in [-0.25, -0.2) is 28.1 Å². The van der Waals surface area contributed by atoms with Crippen molar-refractivity contribution in [1.82, 2.24) is 19.9 Å². The van der Waals surface area contributed by atoms with Crippen molar-refractivity contribution in [3.63, 3.8) is 0 Å². The van der Waals surface area contributed by atoms with Crippen LogP contribution in [0.5, 0.6) is 5.75 Å². The molecule has 0 spiro atoms. The summed E-state index contributed by atoms with van der Waals surface area (Å²) in [7, 11) is 1.46. The highest BCUT2D eigenvalue weighted by atomic mass is 32.1. The lowest BCUT2D eigenvalue weighted by molar-refractivity contribution is -0.142. The summed E-state index contributed by atoms with van der Waals surface area (Å²) in [6, 6.07) is 5.03. The van der Waals surface area contributed by atoms with Gasteiger partial charge in [0.2, 0.25) is 0 Å². The summed E-state index contributed by atoms with van der Waals surface area (Å²) in [5, 5.41) is 12.2. The minimum atomic E-state index is -2.68. The number of hydrogen-bond donors (Lipinski definition) is 2. The molecule has 0 aliphatic carbocycles. The first-order valence-electron chi connectivity index (χ1n) is 13.6. The molecule has 14 heteroatoms. The number of alkyl halides is 3. The number of carboxylic acid groups (broad SMARTS) is 1. The molecule has 0 atom stereocenters. The van der Waals surface area contributed by atoms with Crippen LogP contribution in [-0.2, 0) is 18.0 Å². The van der Waals surface area contributed by atoms with E-state index in [4.69, 9.17) is 4.74 Å². The van der Waals surface area contributed by atoms with Crippen LogP contribution in [0.15, 0.2) is 30.6 Å². The Labute approximate surface area is 244 Å². The van der Waals surface area contributed by atoms with Crippen molar-refractivity contribution in [2.45, 2.75) is 44.8 Å². The molecule has 2 aliphatic heterocycles. The Balaban J connectivity index is 1.33. The summed E-state index contributed by atoms with van der Waals surface area (Å²) in [4.78, 5) is 42.1. The average molecular weight is 605 g/mol. The van der Waals surface area contributed by atoms with Gasteiger partial charge in [-0.3, -0.25) is 19.8 Å². The highest BCUT2D eigenvalue weighted by Crippen LogP contribution is 2.36. The second-order valence-corrected chi connectivity index (χ2v) is 11.5. The van der Waals surface area contributed by atoms with Crippen LogP contribution in [0.3, 0.4) is 0 Å². The topological polar surface area (TPSA) is 121 Å². The van der Waals surface area contributed by atoms with Crippen LogP contribution in [0.1, 0.15) is 46.6 Å². The molecular formula is C28H31F3N6O4S. The first kappa shape index (κ1) is 29.7. The van der Waals surface area contributed by atoms with Crippen molar-refractivity contribution >= 4 is 34.2 Å². The lowest BCUT2D eigenvalue weighted by Gasteiger charge is -2.31. The number of nitrogens with one attached hydrogen (secondary N) is 1. The number of nitrogens with zero attached hydrogens (tertiary/aromatic N) is 5. The highest BCUT2D eigenvalue weighted by molar-refractivity contribution is 7.16. The van der Waals surface area contributed by atoms with Crippen LogP contribution in [0.25, 0.3) is 11.3 Å². The number of halogens is 3. The summed E-state index contributed by atoms with van der Waals surface area (Å²) in [6.45, 7) is 1.12. The Morgan fingerprint density at radius 3 is 2.50 bits per heavy atom. The van der Waals surface area contributed by atoms with Gasteiger partial charge in [0.1, 0.15) is 23.9 Å². The molecule has 10 nitrogen and oxygen atoms in total. The zero-order valence-corrected chi connectivity index (χ0v) is 23.8. The Morgan fingerprint density at radius 1 is 1.14 bits per heavy atom. The summed E-state index contributed by atoms with van der Waals surface area (Å²) in [5.74, 6) is -3.41. The summed E-state index contributed by atoms with van der Waals surface area (Å²) < 4.78 is 46.4. The molecule has 224 valence electrons. The van der Waals surface area contributed by atoms with Gasteiger partial charge in [0.05, 0.1) is 31.1 Å². The quantitative estimate of drug-likeness (QED) is 0.353. The van der Waals surface area contributed by atoms with E-state index in [9.17, 15) is 27.9 Å². The van der Waals surface area contributed by atoms with Gasteiger partial charge < -0.3 is 14.7 Å². The molecule has 2 aliphatic rings. The third-order valence-electron chi connectivity index (χ3n) is 7.61. The van der Waals surface area contributed by atoms with Crippen molar-refractivity contribution < 1.29 is 32.6 Å². The average Bonchev–Trinajstić information content (AvgIpc) is 3.39. The maximum atomic E-state index is 13.7. The molecular weight excluding hydrogens is 573 g/mol. The molecule has 2 N–H and O–H groups in total. The standard InChI is InChI=1S/C28H31F3N6O4S/c1-41-21-3-2-18(12-19(21)13-29)24-22(16-36-10-6-28(30,31)7-11-36)42-27(34-24)35-25(38)20-14-33-23(15-32-20)37-8-4-17(5-9-37)26(39)40/h2-3,12,14-15,17H,4-11,13,16H2,1H3,(H,39,40)(H,34,35,38). The number of carboxylic acids is 1. The van der Waals surface area contributed by atoms with Crippen LogP contribution in [0.4, 0.5) is 24.1 Å². The second-order valence-electron chi connectivity index (χ2n) is 10.4. The predicted octanol–water partition coefficient (Wildman–Crippen LogP) is 4.86. The number of amides is 1. The Morgan fingerprint density at radius 2 is 1.88 bits per heavy atom. The number of piperidine rings is 2. The smallest absolute Gasteiger partial charge is 0.306 e. The fraction of sp³-hybridized carbons (Fsp3) is 0.464. The van der Waals surface area contributed by atoms with E-state index in [2.05, 4.69) is 20.3 Å². The molecule has 42 heavy (non-hydrogen) atoms. The Hall–Kier alpha value is -3.78. The van der Waals surface area contributed by atoms with E-state index in [-0.39, 0.29) is 42.7 Å². The Kier molecular flexibility index (Phi) is 8.92. The fourth-order valence-corrected chi connectivity index (χ4v) is 6.15. The van der Waals surface area contributed by atoms with E-state index < -0.39 is 24.5 Å². The summed E-state index contributed by atoms with van der Waals surface area (Å²) in [6.07, 6.45) is 3.39. The first-order valence-corrected chi connectivity index (χ1v) is 14.4. The number of ether oxygens (including phenoxy) is 1. The molecule has 4 heterocycles. The number of carbonyl (C=O) groups excluding carboxylic acids is 1. The maximum absolute atomic E-state index is 13.7. The fourth-order valence-electron chi connectivity index (χ4n) is 5.13. The molecule has 2 saturated heterocycles. The summed E-state index contributed by atoms with van der Waals surface area (Å²) in [5.41, 5.74) is 1.56. The molecule has 1 aromatic carbocycles. The van der Waals surface area contributed by atoms with E-state index in [0.29, 0.717) is 60.9 Å². The molecule has 0 saturated carbocycles. The minimum Gasteiger partial charge on any atom is -0.496 e. The van der Waals surface area contributed by atoms with Crippen LogP contribution in [0.2, 0.25) is 0 Å². The SMILES string of the molecule is COc1ccc(-c2nc(NC(=O)c3cnc(N4CCC(C(=O)O)CC4)cn3)sc2CN2CCC(F)(F)CC2)cc1CF. The number of aliphatic carboxylic acids is 1. The summed E-state index contributed by atoms with van der Waals surface area (Å²) >= 11 is 1.22. The van der Waals surface area contributed by atoms with Gasteiger partial charge in [0.25, 0.3) is 11.8 Å². The Bertz CT molecular complexity index is 1420. The van der Waals surface area contributed by atoms with Gasteiger partial charge in [-0.2, -0.15) is 0 Å². The molecule has 5 rings (SSSR count). The molecule has 0 radical (unpaired) electrons. The van der Waals surface area contributed by atoms with Crippen molar-refractivity contribution in [2.24, 2.45) is 5.92 Å². The zero-order chi connectivity index (χ0) is 29.9. The zero-order valence-electron chi connectivity index (χ0n) is 23.0. The normalized spacial score (nSPS) is 17.7. The van der Waals surface area contributed by atoms with E-state index in [1.54, 1.807) is 18.2 Å². The minimum absolute atomic E-state index is 0.0693. The lowest BCUT2D eigenvalue weighted by atomic mass is 9.97. The van der Waals surface area contributed by atoms with Gasteiger partial charge in [0, 0.05) is 61.6 Å². The number of aromatic nitrogens is 3. The number of rotatable bonds is 9. The third kappa shape index (κ3) is 6.81. The lowest BCUT2D eigenvalue weighted by Crippen LogP contribution is -2.38. The van der Waals surface area contributed by atoms with Crippen LogP contribution in [0, 0.1) is 5.92 Å². The predicted molar refractivity (Wildman–Crippen MR) is 151 cm³/mol. The number of carbonyl (C=O) groups is 2. The number of benzene rings is 1. The third-order valence-corrected chi connectivity index (χ3v) is 8.56. The second kappa shape index (κ2) is 12.6. The monoisotopic (exact) mass is 604 g/mol. The van der Waals surface area contributed by atoms with Crippen molar-refractivity contribution in [1.29, 1.82) is 0 Å². The molecule has 3 aromatic rings. The number of methoxy groups -OCH3 is 1. The van der Waals surface area contributed by atoms with Crippen LogP contribution < -0.4 is 15.0 Å². The molecule has 2 fully saturated rings. The first-order chi connectivity index (χ1) is 20.2. The number of thiazole rings is 1. The maximum Gasteiger partial charge on any atom is 0.306 e. The number of likely N-dealkylation sites (tertiary alicyclic amines) is 1. The van der Waals surface area contributed by atoms with Crippen molar-refractivity contribution in [3.8, 4) is 17.0 Å². The van der Waals surface area contributed by atoms with Crippen LogP contribution >= 0.6 is 11.3 Å². The molecule has 2 aromatic heterocycles. The molecule has 0 unspecified atom stereocenters. The number of hydrogen-bond acceptors (Lipinski definition) is 9. The van der Waals surface area contributed by atoms with E-state index in [1.165, 1.54) is 30.8 Å². The van der Waals surface area contributed by atoms with Crippen LogP contribution in [-0.4, -0.2) is 76.0 Å². The van der Waals surface area contributed by atoms with E-state index in [1.807, 2.05) is 9.80 Å². The van der Waals surface area contributed by atoms with Gasteiger partial charge in [-0.05, 0) is 31.0 Å². The molecule has 1 amide bonds. The van der Waals surface area contributed by atoms with Gasteiger partial charge >= 0.3 is 5.97 Å². The van der Waals surface area contributed by atoms with Crippen molar-refractivity contribution in [2.75, 3.05) is 43.5 Å². The van der Waals surface area contributed by atoms with E-state index >= 15 is 0 Å². The largest absolute Gasteiger partial charge is 0.496 e. The van der Waals surface area contributed by atoms with E-state index in [0.717, 1.165) is 4.88 Å². The van der Waals surface area contributed by atoms with Gasteiger partial charge in [-0.1, -0.05) is 11.3 Å². The van der Waals surface area contributed by atoms with Crippen molar-refractivity contribution in [3.05, 3.63) is 46.7 Å².